The molecule has 2 heterocycles. The number of carbonyl (C=O) groups is 1. The van der Waals surface area contributed by atoms with Crippen LogP contribution in [0, 0.1) is 4.77 Å². The van der Waals surface area contributed by atoms with Crippen molar-refractivity contribution in [1.29, 1.82) is 0 Å². The van der Waals surface area contributed by atoms with E-state index in [0.29, 0.717) is 15.9 Å². The van der Waals surface area contributed by atoms with Gasteiger partial charge in [-0.1, -0.05) is 64.6 Å². The highest BCUT2D eigenvalue weighted by molar-refractivity contribution is 8.01. The van der Waals surface area contributed by atoms with Gasteiger partial charge in [0.25, 0.3) is 5.91 Å². The Labute approximate surface area is 207 Å². The van der Waals surface area contributed by atoms with Crippen LogP contribution < -0.4 is 9.75 Å². The van der Waals surface area contributed by atoms with Gasteiger partial charge in [0.15, 0.2) is 11.6 Å². The van der Waals surface area contributed by atoms with Crippen LogP contribution in [0.4, 0.5) is 0 Å². The van der Waals surface area contributed by atoms with Gasteiger partial charge in [-0.25, -0.2) is 9.69 Å². The number of hydrogen-bond donors (Lipinski definition) is 1. The minimum Gasteiger partial charge on any atom is -0.482 e. The van der Waals surface area contributed by atoms with Crippen LogP contribution in [0.3, 0.4) is 0 Å². The zero-order valence-electron chi connectivity index (χ0n) is 15.8. The number of halogens is 4. The number of amides is 1. The molecular formula is C19H14Cl4N4O2S2. The summed E-state index contributed by atoms with van der Waals surface area (Å²) in [6.45, 7) is 1.79. The molecule has 31 heavy (non-hydrogen) atoms. The minimum absolute atomic E-state index is 0.0493. The van der Waals surface area contributed by atoms with E-state index < -0.39 is 0 Å². The van der Waals surface area contributed by atoms with E-state index in [0.717, 1.165) is 5.56 Å². The van der Waals surface area contributed by atoms with Gasteiger partial charge in [0.2, 0.25) is 4.77 Å². The van der Waals surface area contributed by atoms with Crippen molar-refractivity contribution in [3.8, 4) is 5.75 Å². The van der Waals surface area contributed by atoms with Gasteiger partial charge in [0.1, 0.15) is 12.0 Å². The van der Waals surface area contributed by atoms with Crippen molar-refractivity contribution in [2.75, 3.05) is 5.01 Å². The number of nitrogens with one attached hydrogen (secondary N) is 1. The lowest BCUT2D eigenvalue weighted by molar-refractivity contribution is -0.119. The van der Waals surface area contributed by atoms with Crippen LogP contribution in [0.5, 0.6) is 5.75 Å². The lowest BCUT2D eigenvalue weighted by Gasteiger charge is -2.26. The molecule has 2 atom stereocenters. The number of aromatic nitrogens is 3. The number of rotatable bonds is 5. The van der Waals surface area contributed by atoms with Gasteiger partial charge in [-0.2, -0.15) is 5.10 Å². The first-order chi connectivity index (χ1) is 14.8. The fourth-order valence-electron chi connectivity index (χ4n) is 3.14. The molecule has 1 aromatic heterocycles. The van der Waals surface area contributed by atoms with Crippen LogP contribution in [0.25, 0.3) is 0 Å². The maximum Gasteiger partial charge on any atom is 0.255 e. The molecule has 0 aliphatic carbocycles. The molecule has 1 N–H and O–H groups in total. The molecule has 1 fully saturated rings. The largest absolute Gasteiger partial charge is 0.482 e. The summed E-state index contributed by atoms with van der Waals surface area (Å²) >= 11 is 31.7. The Morgan fingerprint density at radius 2 is 1.84 bits per heavy atom. The molecule has 2 aromatic carbocycles. The number of aromatic amines is 1. The standard InChI is InChI=1S/C19H14Cl4N4O2S2/c1-9-17(28)27(18(31-9)11-4-2-3-5-12(11)21)26-15(24-25-19(26)30)8-29-16-13(22)6-10(20)7-14(16)23/h2-7,9,18H,8H2,1H3,(H,25,30). The van der Waals surface area contributed by atoms with E-state index in [1.54, 1.807) is 11.1 Å². The molecule has 4 rings (SSSR count). The van der Waals surface area contributed by atoms with Gasteiger partial charge in [0, 0.05) is 15.6 Å². The summed E-state index contributed by atoms with van der Waals surface area (Å²) in [7, 11) is 0. The first-order valence-electron chi connectivity index (χ1n) is 8.94. The lowest BCUT2D eigenvalue weighted by Crippen LogP contribution is -2.41. The zero-order valence-corrected chi connectivity index (χ0v) is 20.5. The molecule has 0 saturated carbocycles. The summed E-state index contributed by atoms with van der Waals surface area (Å²) in [6, 6.07) is 10.4. The fraction of sp³-hybridized carbons (Fsp3) is 0.211. The van der Waals surface area contributed by atoms with Crippen LogP contribution in [0.1, 0.15) is 23.7 Å². The quantitative estimate of drug-likeness (QED) is 0.381. The third-order valence-electron chi connectivity index (χ3n) is 4.54. The second-order valence-corrected chi connectivity index (χ2v) is 10.0. The van der Waals surface area contributed by atoms with E-state index in [1.165, 1.54) is 28.6 Å². The number of benzene rings is 2. The van der Waals surface area contributed by atoms with Gasteiger partial charge in [0.05, 0.1) is 15.3 Å². The van der Waals surface area contributed by atoms with Crippen LogP contribution in [0.15, 0.2) is 36.4 Å². The molecule has 1 amide bonds. The van der Waals surface area contributed by atoms with E-state index in [9.17, 15) is 4.79 Å². The van der Waals surface area contributed by atoms with Crippen molar-refractivity contribution in [3.63, 3.8) is 0 Å². The summed E-state index contributed by atoms with van der Waals surface area (Å²) in [4.78, 5) is 13.1. The highest BCUT2D eigenvalue weighted by Gasteiger charge is 2.42. The van der Waals surface area contributed by atoms with E-state index >= 15 is 0 Å². The van der Waals surface area contributed by atoms with E-state index in [2.05, 4.69) is 10.2 Å². The number of thioether (sulfide) groups is 1. The third kappa shape index (κ3) is 4.42. The molecule has 0 bridgehead atoms. The molecular weight excluding hydrogens is 522 g/mol. The van der Waals surface area contributed by atoms with Crippen LogP contribution >= 0.6 is 70.4 Å². The lowest BCUT2D eigenvalue weighted by atomic mass is 10.2. The molecule has 3 aromatic rings. The number of ether oxygens (including phenoxy) is 1. The summed E-state index contributed by atoms with van der Waals surface area (Å²) < 4.78 is 7.58. The number of hydrogen-bond acceptors (Lipinski definition) is 5. The second-order valence-electron chi connectivity index (χ2n) is 6.58. The second kappa shape index (κ2) is 9.21. The maximum atomic E-state index is 13.1. The van der Waals surface area contributed by atoms with E-state index in [-0.39, 0.29) is 43.7 Å². The maximum absolute atomic E-state index is 13.1. The molecule has 1 aliphatic rings. The first-order valence-corrected chi connectivity index (χ1v) is 11.8. The molecule has 0 spiro atoms. The summed E-state index contributed by atoms with van der Waals surface area (Å²) in [5, 5.41) is 9.28. The zero-order chi connectivity index (χ0) is 22.3. The Bertz CT molecular complexity index is 1190. The molecule has 6 nitrogen and oxygen atoms in total. The predicted octanol–water partition coefficient (Wildman–Crippen LogP) is 6.43. The molecule has 2 unspecified atom stereocenters. The number of nitrogens with zero attached hydrogens (tertiary/aromatic N) is 3. The van der Waals surface area contributed by atoms with Gasteiger partial charge in [-0.05, 0) is 37.3 Å². The molecule has 1 aliphatic heterocycles. The van der Waals surface area contributed by atoms with Gasteiger partial charge < -0.3 is 4.74 Å². The Morgan fingerprint density at radius 3 is 2.52 bits per heavy atom. The Hall–Kier alpha value is -1.42. The predicted molar refractivity (Wildman–Crippen MR) is 128 cm³/mol. The van der Waals surface area contributed by atoms with Crippen molar-refractivity contribution in [1.82, 2.24) is 14.9 Å². The summed E-state index contributed by atoms with van der Waals surface area (Å²) in [5.74, 6) is 0.495. The summed E-state index contributed by atoms with van der Waals surface area (Å²) in [6.07, 6.45) is 0. The highest BCUT2D eigenvalue weighted by Crippen LogP contribution is 2.44. The van der Waals surface area contributed by atoms with Gasteiger partial charge >= 0.3 is 0 Å². The Morgan fingerprint density at radius 1 is 1.16 bits per heavy atom. The first kappa shape index (κ1) is 22.8. The minimum atomic E-state index is -0.387. The van der Waals surface area contributed by atoms with Gasteiger partial charge in [-0.15, -0.1) is 11.8 Å². The normalized spacial score (nSPS) is 18.6. The fourth-order valence-corrected chi connectivity index (χ4v) is 5.88. The van der Waals surface area contributed by atoms with Gasteiger partial charge in [-0.3, -0.25) is 9.89 Å². The molecule has 1 saturated heterocycles. The molecule has 12 heteroatoms. The Balaban J connectivity index is 1.70. The smallest absolute Gasteiger partial charge is 0.255 e. The van der Waals surface area contributed by atoms with Crippen molar-refractivity contribution < 1.29 is 9.53 Å². The number of H-pyrrole nitrogens is 1. The topological polar surface area (TPSA) is 63.1 Å². The van der Waals surface area contributed by atoms with Crippen molar-refractivity contribution in [2.45, 2.75) is 24.2 Å². The van der Waals surface area contributed by atoms with E-state index in [4.69, 9.17) is 63.4 Å². The van der Waals surface area contributed by atoms with Crippen LogP contribution in [0.2, 0.25) is 20.1 Å². The Kier molecular flexibility index (Phi) is 6.76. The van der Waals surface area contributed by atoms with Crippen LogP contribution in [-0.2, 0) is 11.4 Å². The average Bonchev–Trinajstić information content (AvgIpc) is 3.20. The molecule has 0 radical (unpaired) electrons. The summed E-state index contributed by atoms with van der Waals surface area (Å²) in [5.41, 5.74) is 0.797. The molecule has 162 valence electrons. The van der Waals surface area contributed by atoms with Crippen molar-refractivity contribution >= 4 is 76.3 Å². The van der Waals surface area contributed by atoms with Crippen molar-refractivity contribution in [3.05, 3.63) is 72.6 Å². The van der Waals surface area contributed by atoms with E-state index in [1.807, 2.05) is 25.1 Å². The number of carbonyl (C=O) groups excluding carboxylic acids is 1. The SMILES string of the molecule is CC1SC(c2ccccc2Cl)N(n2c(COc3c(Cl)cc(Cl)cc3Cl)n[nH]c2=S)C1=O. The van der Waals surface area contributed by atoms with Crippen LogP contribution in [-0.4, -0.2) is 26.0 Å². The average molecular weight is 536 g/mol. The van der Waals surface area contributed by atoms with Crippen molar-refractivity contribution in [2.24, 2.45) is 0 Å². The highest BCUT2D eigenvalue weighted by atomic mass is 35.5. The monoisotopic (exact) mass is 534 g/mol. The third-order valence-corrected chi connectivity index (χ3v) is 7.25.